The number of nitrogens with zero attached hydrogens (tertiary/aromatic N) is 4. The van der Waals surface area contributed by atoms with Crippen LogP contribution < -0.4 is 0 Å². The number of pyridine rings is 2. The highest BCUT2D eigenvalue weighted by Crippen LogP contribution is 2.38. The molecule has 0 N–H and O–H groups in total. The summed E-state index contributed by atoms with van der Waals surface area (Å²) >= 11 is 0. The fraction of sp³-hybridized carbons (Fsp3) is 0. The molecule has 0 aliphatic carbocycles. The number of benzene rings is 3. The van der Waals surface area contributed by atoms with Gasteiger partial charge in [0.15, 0.2) is 5.82 Å². The van der Waals surface area contributed by atoms with E-state index in [1.807, 2.05) is 30.7 Å². The molecule has 0 spiro atoms. The van der Waals surface area contributed by atoms with Crippen LogP contribution in [0.4, 0.5) is 0 Å². The molecule has 0 radical (unpaired) electrons. The average Bonchev–Trinajstić information content (AvgIpc) is 3.46. The lowest BCUT2D eigenvalue weighted by Gasteiger charge is -2.12. The van der Waals surface area contributed by atoms with Gasteiger partial charge in [-0.15, -0.1) is 0 Å². The van der Waals surface area contributed by atoms with E-state index in [2.05, 4.69) is 105 Å². The fourth-order valence-corrected chi connectivity index (χ4v) is 5.02. The first kappa shape index (κ1) is 18.8. The molecule has 34 heavy (non-hydrogen) atoms. The number of para-hydroxylation sites is 3. The SMILES string of the molecule is c1ccc(-n2cc(-c3cccnc3)c3ccnc(-n4c5ccccc5c5ccccc54)c32)cc1. The number of aromatic nitrogens is 4. The molecule has 7 aromatic rings. The van der Waals surface area contributed by atoms with Gasteiger partial charge in [-0.25, -0.2) is 4.98 Å². The molecule has 0 fully saturated rings. The van der Waals surface area contributed by atoms with Crippen molar-refractivity contribution in [3.8, 4) is 22.6 Å². The highest BCUT2D eigenvalue weighted by molar-refractivity contribution is 6.10. The van der Waals surface area contributed by atoms with Gasteiger partial charge in [0.25, 0.3) is 0 Å². The third-order valence-corrected chi connectivity index (χ3v) is 6.49. The molecule has 4 heteroatoms. The molecule has 0 aliphatic heterocycles. The minimum absolute atomic E-state index is 0.911. The van der Waals surface area contributed by atoms with Crippen molar-refractivity contribution >= 4 is 32.7 Å². The molecular formula is C30H20N4. The molecule has 0 saturated heterocycles. The second-order valence-corrected chi connectivity index (χ2v) is 8.39. The summed E-state index contributed by atoms with van der Waals surface area (Å²) in [5.41, 5.74) is 6.68. The maximum atomic E-state index is 4.97. The first-order chi connectivity index (χ1) is 16.9. The summed E-state index contributed by atoms with van der Waals surface area (Å²) < 4.78 is 4.54. The van der Waals surface area contributed by atoms with Crippen LogP contribution >= 0.6 is 0 Å². The smallest absolute Gasteiger partial charge is 0.162 e. The summed E-state index contributed by atoms with van der Waals surface area (Å²) in [4.78, 5) is 9.34. The van der Waals surface area contributed by atoms with Crippen molar-refractivity contribution in [1.29, 1.82) is 0 Å². The Bertz CT molecular complexity index is 1740. The van der Waals surface area contributed by atoms with Crippen LogP contribution in [-0.4, -0.2) is 19.1 Å². The van der Waals surface area contributed by atoms with Crippen LogP contribution in [0.1, 0.15) is 0 Å². The Morgan fingerprint density at radius 2 is 1.29 bits per heavy atom. The van der Waals surface area contributed by atoms with E-state index in [0.717, 1.165) is 44.6 Å². The highest BCUT2D eigenvalue weighted by Gasteiger charge is 2.20. The molecule has 4 heterocycles. The van der Waals surface area contributed by atoms with Crippen LogP contribution in [-0.2, 0) is 0 Å². The van der Waals surface area contributed by atoms with Crippen molar-refractivity contribution in [1.82, 2.24) is 19.1 Å². The molecule has 0 bridgehead atoms. The van der Waals surface area contributed by atoms with Crippen LogP contribution in [0.25, 0.3) is 55.3 Å². The molecule has 160 valence electrons. The second kappa shape index (κ2) is 7.42. The summed E-state index contributed by atoms with van der Waals surface area (Å²) in [6.45, 7) is 0. The molecule has 0 unspecified atom stereocenters. The predicted octanol–water partition coefficient (Wildman–Crippen LogP) is 7.18. The first-order valence-corrected chi connectivity index (χ1v) is 11.3. The highest BCUT2D eigenvalue weighted by atomic mass is 15.1. The molecule has 0 atom stereocenters. The third-order valence-electron chi connectivity index (χ3n) is 6.49. The Balaban J connectivity index is 1.65. The fourth-order valence-electron chi connectivity index (χ4n) is 5.02. The van der Waals surface area contributed by atoms with Crippen molar-refractivity contribution in [3.05, 3.63) is 122 Å². The third kappa shape index (κ3) is 2.72. The minimum Gasteiger partial charge on any atom is -0.313 e. The van der Waals surface area contributed by atoms with Gasteiger partial charge in [-0.3, -0.25) is 9.55 Å². The molecule has 4 nitrogen and oxygen atoms in total. The molecule has 0 amide bonds. The Labute approximate surface area is 196 Å². The summed E-state index contributed by atoms with van der Waals surface area (Å²) in [6.07, 6.45) is 7.85. The van der Waals surface area contributed by atoms with Gasteiger partial charge in [-0.2, -0.15) is 0 Å². The maximum absolute atomic E-state index is 4.97. The van der Waals surface area contributed by atoms with Gasteiger partial charge < -0.3 is 4.57 Å². The van der Waals surface area contributed by atoms with Gasteiger partial charge >= 0.3 is 0 Å². The molecule has 4 aromatic heterocycles. The zero-order valence-electron chi connectivity index (χ0n) is 18.3. The molecular weight excluding hydrogens is 416 g/mol. The van der Waals surface area contributed by atoms with E-state index < -0.39 is 0 Å². The van der Waals surface area contributed by atoms with E-state index in [9.17, 15) is 0 Å². The zero-order valence-corrected chi connectivity index (χ0v) is 18.3. The van der Waals surface area contributed by atoms with E-state index in [1.165, 1.54) is 10.8 Å². The van der Waals surface area contributed by atoms with Crippen molar-refractivity contribution < 1.29 is 0 Å². The van der Waals surface area contributed by atoms with E-state index in [4.69, 9.17) is 4.98 Å². The number of hydrogen-bond acceptors (Lipinski definition) is 2. The monoisotopic (exact) mass is 436 g/mol. The van der Waals surface area contributed by atoms with Gasteiger partial charge in [0.05, 0.1) is 16.6 Å². The normalized spacial score (nSPS) is 11.5. The summed E-state index contributed by atoms with van der Waals surface area (Å²) in [6, 6.07) is 33.8. The topological polar surface area (TPSA) is 35.6 Å². The van der Waals surface area contributed by atoms with Gasteiger partial charge in [-0.05, 0) is 36.4 Å². The van der Waals surface area contributed by atoms with Gasteiger partial charge in [-0.1, -0.05) is 60.7 Å². The molecule has 0 aliphatic rings. The minimum atomic E-state index is 0.911. The summed E-state index contributed by atoms with van der Waals surface area (Å²) in [7, 11) is 0. The van der Waals surface area contributed by atoms with E-state index in [-0.39, 0.29) is 0 Å². The Hall–Kier alpha value is -4.70. The van der Waals surface area contributed by atoms with Crippen LogP contribution in [0.2, 0.25) is 0 Å². The second-order valence-electron chi connectivity index (χ2n) is 8.39. The number of hydrogen-bond donors (Lipinski definition) is 0. The van der Waals surface area contributed by atoms with Crippen LogP contribution in [0.3, 0.4) is 0 Å². The lowest BCUT2D eigenvalue weighted by Crippen LogP contribution is -2.02. The van der Waals surface area contributed by atoms with Gasteiger partial charge in [0.1, 0.15) is 0 Å². The van der Waals surface area contributed by atoms with E-state index >= 15 is 0 Å². The Morgan fingerprint density at radius 3 is 2.00 bits per heavy atom. The van der Waals surface area contributed by atoms with Crippen LogP contribution in [0, 0.1) is 0 Å². The van der Waals surface area contributed by atoms with Crippen molar-refractivity contribution in [3.63, 3.8) is 0 Å². The van der Waals surface area contributed by atoms with Crippen molar-refractivity contribution in [2.45, 2.75) is 0 Å². The maximum Gasteiger partial charge on any atom is 0.162 e. The lowest BCUT2D eigenvalue weighted by atomic mass is 10.1. The quantitative estimate of drug-likeness (QED) is 0.294. The average molecular weight is 437 g/mol. The molecule has 7 rings (SSSR count). The van der Waals surface area contributed by atoms with Crippen LogP contribution in [0.5, 0.6) is 0 Å². The van der Waals surface area contributed by atoms with E-state index in [0.29, 0.717) is 0 Å². The Kier molecular flexibility index (Phi) is 4.11. The number of fused-ring (bicyclic) bond motifs is 4. The standard InChI is InChI=1S/C30H20N4/c1-2-10-22(11-3-1)33-20-26(21-9-8-17-31-19-21)25-16-18-32-30(29(25)33)34-27-14-6-4-12-23(27)24-13-5-7-15-28(24)34/h1-20H. The first-order valence-electron chi connectivity index (χ1n) is 11.3. The van der Waals surface area contributed by atoms with Crippen molar-refractivity contribution in [2.24, 2.45) is 0 Å². The van der Waals surface area contributed by atoms with Gasteiger partial charge in [0.2, 0.25) is 0 Å². The summed E-state index contributed by atoms with van der Waals surface area (Å²) in [5, 5.41) is 3.59. The predicted molar refractivity (Wildman–Crippen MR) is 139 cm³/mol. The molecule has 3 aromatic carbocycles. The number of rotatable bonds is 3. The van der Waals surface area contributed by atoms with Gasteiger partial charge in [0, 0.05) is 57.8 Å². The Morgan fingerprint density at radius 1 is 0.588 bits per heavy atom. The van der Waals surface area contributed by atoms with Crippen molar-refractivity contribution in [2.75, 3.05) is 0 Å². The zero-order chi connectivity index (χ0) is 22.5. The molecule has 0 saturated carbocycles. The largest absolute Gasteiger partial charge is 0.313 e. The van der Waals surface area contributed by atoms with E-state index in [1.54, 1.807) is 0 Å². The summed E-state index contributed by atoms with van der Waals surface area (Å²) in [5.74, 6) is 0.911. The van der Waals surface area contributed by atoms with Crippen LogP contribution in [0.15, 0.2) is 122 Å². The lowest BCUT2D eigenvalue weighted by molar-refractivity contribution is 1.05.